The quantitative estimate of drug-likeness (QED) is 0.580. The van der Waals surface area contributed by atoms with Gasteiger partial charge in [0.05, 0.1) is 32.6 Å². The van der Waals surface area contributed by atoms with Gasteiger partial charge in [0.1, 0.15) is 5.82 Å². The Hall–Kier alpha value is -2.71. The number of nitrogens with zero attached hydrogens (tertiary/aromatic N) is 5. The highest BCUT2D eigenvalue weighted by atomic mass is 16.5. The van der Waals surface area contributed by atoms with Crippen LogP contribution in [-0.4, -0.2) is 68.8 Å². The molecule has 2 aliphatic heterocycles. The van der Waals surface area contributed by atoms with Crippen LogP contribution in [0.3, 0.4) is 0 Å². The van der Waals surface area contributed by atoms with Crippen molar-refractivity contribution in [3.8, 4) is 0 Å². The highest BCUT2D eigenvalue weighted by Crippen LogP contribution is 2.22. The van der Waals surface area contributed by atoms with Gasteiger partial charge in [0.2, 0.25) is 5.95 Å². The monoisotopic (exact) mass is 410 g/mol. The van der Waals surface area contributed by atoms with Crippen LogP contribution in [0.15, 0.2) is 35.4 Å². The first-order valence-electron chi connectivity index (χ1n) is 10.6. The molecule has 0 atom stereocenters. The third-order valence-corrected chi connectivity index (χ3v) is 5.33. The van der Waals surface area contributed by atoms with Crippen LogP contribution in [0, 0.1) is 0 Å². The predicted octanol–water partition coefficient (Wildman–Crippen LogP) is 2.72. The van der Waals surface area contributed by atoms with Crippen molar-refractivity contribution in [1.29, 1.82) is 0 Å². The molecule has 8 heteroatoms. The zero-order valence-corrected chi connectivity index (χ0v) is 17.8. The van der Waals surface area contributed by atoms with Crippen LogP contribution in [-0.2, 0) is 9.47 Å². The van der Waals surface area contributed by atoms with Crippen molar-refractivity contribution >= 4 is 23.8 Å². The summed E-state index contributed by atoms with van der Waals surface area (Å²) in [6, 6.07) is 10.4. The second-order valence-electron chi connectivity index (χ2n) is 7.80. The van der Waals surface area contributed by atoms with E-state index < -0.39 is 0 Å². The van der Waals surface area contributed by atoms with Crippen LogP contribution >= 0.6 is 0 Å². The van der Waals surface area contributed by atoms with Gasteiger partial charge in [0.25, 0.3) is 0 Å². The Kier molecular flexibility index (Phi) is 6.76. The summed E-state index contributed by atoms with van der Waals surface area (Å²) in [4.78, 5) is 13.9. The number of hydrazone groups is 1. The maximum Gasteiger partial charge on any atom is 0.229 e. The number of aromatic nitrogens is 2. The largest absolute Gasteiger partial charge is 0.378 e. The molecule has 1 aromatic heterocycles. The molecule has 2 saturated heterocycles. The van der Waals surface area contributed by atoms with E-state index in [1.54, 1.807) is 0 Å². The van der Waals surface area contributed by atoms with Crippen LogP contribution < -0.4 is 15.2 Å². The number of nitrogens with one attached hydrogen (secondary N) is 1. The molecule has 0 bridgehead atoms. The first kappa shape index (κ1) is 20.6. The minimum absolute atomic E-state index is 0.521. The van der Waals surface area contributed by atoms with Crippen molar-refractivity contribution < 1.29 is 9.47 Å². The number of morpholine rings is 2. The predicted molar refractivity (Wildman–Crippen MR) is 120 cm³/mol. The van der Waals surface area contributed by atoms with Gasteiger partial charge in [0, 0.05) is 32.2 Å². The first-order chi connectivity index (χ1) is 14.7. The first-order valence-corrected chi connectivity index (χ1v) is 10.6. The summed E-state index contributed by atoms with van der Waals surface area (Å²) in [5, 5.41) is 4.41. The van der Waals surface area contributed by atoms with Crippen LogP contribution in [0.2, 0.25) is 0 Å². The van der Waals surface area contributed by atoms with E-state index in [9.17, 15) is 0 Å². The van der Waals surface area contributed by atoms with E-state index >= 15 is 0 Å². The zero-order valence-electron chi connectivity index (χ0n) is 17.8. The lowest BCUT2D eigenvalue weighted by Crippen LogP contribution is -2.39. The van der Waals surface area contributed by atoms with E-state index in [2.05, 4.69) is 58.4 Å². The van der Waals surface area contributed by atoms with Crippen molar-refractivity contribution in [3.05, 3.63) is 41.5 Å². The standard InChI is InChI=1S/C22H30N6O2/c1-17(2)19-5-3-18(4-6-19)16-23-26-20-15-21(27-7-11-29-12-8-27)25-22(24-20)28-9-13-30-14-10-28/h3-6,15-17H,7-14H2,1-2H3,(H,24,25,26)/b23-16-. The van der Waals surface area contributed by atoms with Gasteiger partial charge in [0.15, 0.2) is 5.82 Å². The number of ether oxygens (including phenoxy) is 2. The Morgan fingerprint density at radius 3 is 2.20 bits per heavy atom. The van der Waals surface area contributed by atoms with E-state index in [1.807, 2.05) is 12.3 Å². The maximum atomic E-state index is 5.48. The minimum Gasteiger partial charge on any atom is -0.378 e. The smallest absolute Gasteiger partial charge is 0.229 e. The van der Waals surface area contributed by atoms with Crippen molar-refractivity contribution in [1.82, 2.24) is 9.97 Å². The Morgan fingerprint density at radius 1 is 0.933 bits per heavy atom. The van der Waals surface area contributed by atoms with Crippen LogP contribution in [0.25, 0.3) is 0 Å². The number of hydrogen-bond acceptors (Lipinski definition) is 8. The van der Waals surface area contributed by atoms with E-state index in [4.69, 9.17) is 19.4 Å². The van der Waals surface area contributed by atoms with Gasteiger partial charge in [-0.3, -0.25) is 5.43 Å². The number of hydrogen-bond donors (Lipinski definition) is 1. The summed E-state index contributed by atoms with van der Waals surface area (Å²) >= 11 is 0. The molecule has 0 radical (unpaired) electrons. The van der Waals surface area contributed by atoms with Crippen molar-refractivity contribution in [3.63, 3.8) is 0 Å². The summed E-state index contributed by atoms with van der Waals surface area (Å²) < 4.78 is 11.0. The molecule has 3 heterocycles. The third kappa shape index (κ3) is 5.25. The lowest BCUT2D eigenvalue weighted by Gasteiger charge is -2.31. The van der Waals surface area contributed by atoms with E-state index in [-0.39, 0.29) is 0 Å². The molecule has 0 aliphatic carbocycles. The van der Waals surface area contributed by atoms with Crippen molar-refractivity contribution in [2.24, 2.45) is 5.10 Å². The van der Waals surface area contributed by atoms with E-state index in [0.717, 1.165) is 37.6 Å². The maximum absolute atomic E-state index is 5.48. The van der Waals surface area contributed by atoms with E-state index in [0.29, 0.717) is 44.1 Å². The summed E-state index contributed by atoms with van der Waals surface area (Å²) in [6.07, 6.45) is 1.81. The molecule has 30 heavy (non-hydrogen) atoms. The molecule has 2 fully saturated rings. The SMILES string of the molecule is CC(C)c1ccc(/C=N\Nc2cc(N3CCOCC3)nc(N3CCOCC3)n2)cc1. The molecular weight excluding hydrogens is 380 g/mol. The minimum atomic E-state index is 0.521. The molecule has 2 aromatic rings. The fraction of sp³-hybridized carbons (Fsp3) is 0.500. The summed E-state index contributed by atoms with van der Waals surface area (Å²) in [5.41, 5.74) is 5.46. The number of benzene rings is 1. The van der Waals surface area contributed by atoms with Gasteiger partial charge < -0.3 is 19.3 Å². The Morgan fingerprint density at radius 2 is 1.57 bits per heavy atom. The summed E-state index contributed by atoms with van der Waals surface area (Å²) in [5.74, 6) is 2.81. The molecule has 0 saturated carbocycles. The second-order valence-corrected chi connectivity index (χ2v) is 7.80. The normalized spacial score (nSPS) is 17.7. The summed E-state index contributed by atoms with van der Waals surface area (Å²) in [7, 11) is 0. The van der Waals surface area contributed by atoms with Gasteiger partial charge in [-0.1, -0.05) is 38.1 Å². The number of rotatable bonds is 6. The van der Waals surface area contributed by atoms with Gasteiger partial charge in [-0.25, -0.2) is 0 Å². The Bertz CT molecular complexity index is 807. The average Bonchev–Trinajstić information content (AvgIpc) is 2.80. The second kappa shape index (κ2) is 9.86. The third-order valence-electron chi connectivity index (χ3n) is 5.33. The topological polar surface area (TPSA) is 75.1 Å². The zero-order chi connectivity index (χ0) is 20.8. The molecule has 160 valence electrons. The molecule has 1 aromatic carbocycles. The molecule has 1 N–H and O–H groups in total. The Balaban J connectivity index is 1.51. The van der Waals surface area contributed by atoms with Crippen LogP contribution in [0.1, 0.15) is 30.9 Å². The molecule has 4 rings (SSSR count). The van der Waals surface area contributed by atoms with Gasteiger partial charge in [-0.15, -0.1) is 0 Å². The van der Waals surface area contributed by atoms with Gasteiger partial charge >= 0.3 is 0 Å². The van der Waals surface area contributed by atoms with Crippen molar-refractivity contribution in [2.75, 3.05) is 67.8 Å². The fourth-order valence-corrected chi connectivity index (χ4v) is 3.48. The van der Waals surface area contributed by atoms with Gasteiger partial charge in [-0.2, -0.15) is 15.1 Å². The molecule has 2 aliphatic rings. The van der Waals surface area contributed by atoms with Crippen LogP contribution in [0.5, 0.6) is 0 Å². The highest BCUT2D eigenvalue weighted by Gasteiger charge is 2.19. The Labute approximate surface area is 177 Å². The highest BCUT2D eigenvalue weighted by molar-refractivity contribution is 5.80. The van der Waals surface area contributed by atoms with Crippen molar-refractivity contribution in [2.45, 2.75) is 19.8 Å². The lowest BCUT2D eigenvalue weighted by atomic mass is 10.0. The van der Waals surface area contributed by atoms with Crippen LogP contribution in [0.4, 0.5) is 17.6 Å². The van der Waals surface area contributed by atoms with Gasteiger partial charge in [-0.05, 0) is 17.0 Å². The molecule has 8 nitrogen and oxygen atoms in total. The molecule has 0 unspecified atom stereocenters. The van der Waals surface area contributed by atoms with E-state index in [1.165, 1.54) is 5.56 Å². The fourth-order valence-electron chi connectivity index (χ4n) is 3.48. The average molecular weight is 411 g/mol. The lowest BCUT2D eigenvalue weighted by molar-refractivity contribution is 0.121. The molecular formula is C22H30N6O2. The number of anilines is 3. The molecule has 0 spiro atoms. The summed E-state index contributed by atoms with van der Waals surface area (Å²) in [6.45, 7) is 10.4. The molecule has 0 amide bonds.